The molecule has 0 saturated heterocycles. The van der Waals surface area contributed by atoms with E-state index in [1.807, 2.05) is 6.92 Å². The molecule has 96 valence electrons. The Labute approximate surface area is 110 Å². The molecule has 1 atom stereocenters. The number of nitrogens with one attached hydrogen (secondary N) is 1. The molecule has 2 N–H and O–H groups in total. The third-order valence-corrected chi connectivity index (χ3v) is 2.50. The maximum Gasteiger partial charge on any atom is 0.156 e. The third kappa shape index (κ3) is 5.10. The summed E-state index contributed by atoms with van der Waals surface area (Å²) in [5.74, 6) is 0.381. The van der Waals surface area contributed by atoms with Crippen LogP contribution in [-0.4, -0.2) is 31.0 Å². The summed E-state index contributed by atoms with van der Waals surface area (Å²) >= 11 is 11.8. The van der Waals surface area contributed by atoms with Crippen LogP contribution < -0.4 is 10.2 Å². The zero-order valence-electron chi connectivity index (χ0n) is 9.45. The van der Waals surface area contributed by atoms with E-state index in [0.717, 1.165) is 0 Å². The van der Waals surface area contributed by atoms with Crippen LogP contribution in [0, 0.1) is 0 Å². The van der Waals surface area contributed by atoms with Crippen molar-refractivity contribution in [1.29, 1.82) is 0 Å². The Morgan fingerprint density at radius 1 is 1.35 bits per heavy atom. The van der Waals surface area contributed by atoms with Gasteiger partial charge < -0.3 is 14.7 Å². The molecule has 0 aromatic heterocycles. The second kappa shape index (κ2) is 7.74. The molecule has 0 spiro atoms. The first-order chi connectivity index (χ1) is 8.15. The topological polar surface area (TPSA) is 50.7 Å². The van der Waals surface area contributed by atoms with Crippen LogP contribution in [0.25, 0.3) is 0 Å². The van der Waals surface area contributed by atoms with Gasteiger partial charge >= 0.3 is 0 Å². The molecule has 0 radical (unpaired) electrons. The summed E-state index contributed by atoms with van der Waals surface area (Å²) in [6, 6.07) is 5.08. The molecule has 0 aliphatic heterocycles. The second-order valence-electron chi connectivity index (χ2n) is 3.30. The van der Waals surface area contributed by atoms with Gasteiger partial charge in [-0.25, -0.2) is 0 Å². The zero-order chi connectivity index (χ0) is 12.7. The fourth-order valence-corrected chi connectivity index (χ4v) is 1.62. The summed E-state index contributed by atoms with van der Waals surface area (Å²) in [4.78, 5) is 4.89. The summed E-state index contributed by atoms with van der Waals surface area (Å²) in [6.45, 7) is 2.74. The number of hydrogen-bond acceptors (Lipinski definition) is 4. The van der Waals surface area contributed by atoms with Crippen molar-refractivity contribution in [2.24, 2.45) is 0 Å². The van der Waals surface area contributed by atoms with Gasteiger partial charge in [0.1, 0.15) is 12.7 Å². The van der Waals surface area contributed by atoms with Crippen molar-refractivity contribution >= 4 is 23.2 Å². The predicted molar refractivity (Wildman–Crippen MR) is 67.6 cm³/mol. The highest BCUT2D eigenvalue weighted by molar-refractivity contribution is 6.37. The number of halogens is 2. The number of hydroxylamine groups is 1. The van der Waals surface area contributed by atoms with Crippen molar-refractivity contribution in [3.8, 4) is 5.75 Å². The lowest BCUT2D eigenvalue weighted by Crippen LogP contribution is -2.31. The molecular weight excluding hydrogens is 265 g/mol. The molecule has 17 heavy (non-hydrogen) atoms. The maximum atomic E-state index is 9.57. The molecule has 1 aromatic rings. The average Bonchev–Trinajstić information content (AvgIpc) is 2.29. The molecule has 0 aliphatic carbocycles. The largest absolute Gasteiger partial charge is 0.488 e. The van der Waals surface area contributed by atoms with Crippen LogP contribution in [-0.2, 0) is 4.84 Å². The van der Waals surface area contributed by atoms with E-state index in [1.165, 1.54) is 0 Å². The highest BCUT2D eigenvalue weighted by Crippen LogP contribution is 2.32. The van der Waals surface area contributed by atoms with Gasteiger partial charge in [0.2, 0.25) is 0 Å². The molecule has 0 aliphatic rings. The second-order valence-corrected chi connectivity index (χ2v) is 4.11. The van der Waals surface area contributed by atoms with Crippen LogP contribution in [0.4, 0.5) is 0 Å². The van der Waals surface area contributed by atoms with Crippen molar-refractivity contribution in [1.82, 2.24) is 5.48 Å². The molecule has 1 aromatic carbocycles. The first-order valence-corrected chi connectivity index (χ1v) is 6.00. The van der Waals surface area contributed by atoms with E-state index in [9.17, 15) is 5.11 Å². The van der Waals surface area contributed by atoms with Crippen LogP contribution in [0.1, 0.15) is 6.92 Å². The number of ether oxygens (including phenoxy) is 1. The summed E-state index contributed by atoms with van der Waals surface area (Å²) < 4.78 is 5.35. The fraction of sp³-hybridized carbons (Fsp3) is 0.455. The van der Waals surface area contributed by atoms with Crippen LogP contribution in [0.3, 0.4) is 0 Å². The average molecular weight is 280 g/mol. The molecular formula is C11H15Cl2NO3. The minimum absolute atomic E-state index is 0.0868. The first kappa shape index (κ1) is 14.5. The number of aliphatic hydroxyl groups excluding tert-OH is 1. The lowest BCUT2D eigenvalue weighted by Gasteiger charge is -2.14. The van der Waals surface area contributed by atoms with Gasteiger partial charge in [0.15, 0.2) is 5.75 Å². The fourth-order valence-electron chi connectivity index (χ4n) is 1.12. The van der Waals surface area contributed by atoms with Gasteiger partial charge in [-0.2, -0.15) is 5.48 Å². The monoisotopic (exact) mass is 279 g/mol. The van der Waals surface area contributed by atoms with E-state index in [-0.39, 0.29) is 13.2 Å². The number of para-hydroxylation sites is 1. The van der Waals surface area contributed by atoms with Crippen molar-refractivity contribution in [2.75, 3.05) is 19.8 Å². The van der Waals surface area contributed by atoms with Crippen molar-refractivity contribution in [3.05, 3.63) is 28.2 Å². The SMILES string of the molecule is CCONCC(O)COc1c(Cl)cccc1Cl. The Bertz CT molecular complexity index is 329. The molecule has 4 nitrogen and oxygen atoms in total. The van der Waals surface area contributed by atoms with Gasteiger partial charge in [-0.15, -0.1) is 0 Å². The van der Waals surface area contributed by atoms with Gasteiger partial charge in [0, 0.05) is 0 Å². The number of hydrogen-bond donors (Lipinski definition) is 2. The molecule has 0 bridgehead atoms. The zero-order valence-corrected chi connectivity index (χ0v) is 11.0. The van der Waals surface area contributed by atoms with Crippen molar-refractivity contribution in [2.45, 2.75) is 13.0 Å². The van der Waals surface area contributed by atoms with Crippen LogP contribution >= 0.6 is 23.2 Å². The van der Waals surface area contributed by atoms with E-state index in [4.69, 9.17) is 32.8 Å². The summed E-state index contributed by atoms with van der Waals surface area (Å²) in [5.41, 5.74) is 2.60. The minimum atomic E-state index is -0.700. The van der Waals surface area contributed by atoms with Gasteiger partial charge in [-0.3, -0.25) is 0 Å². The smallest absolute Gasteiger partial charge is 0.156 e. The highest BCUT2D eigenvalue weighted by Gasteiger charge is 2.10. The van der Waals surface area contributed by atoms with Crippen LogP contribution in [0.5, 0.6) is 5.75 Å². The number of rotatable bonds is 7. The Kier molecular flexibility index (Phi) is 6.62. The Morgan fingerprint density at radius 3 is 2.59 bits per heavy atom. The highest BCUT2D eigenvalue weighted by atomic mass is 35.5. The summed E-state index contributed by atoms with van der Waals surface area (Å²) in [7, 11) is 0. The predicted octanol–water partition coefficient (Wildman–Crippen LogP) is 2.27. The summed E-state index contributed by atoms with van der Waals surface area (Å²) in [5, 5.41) is 10.4. The number of benzene rings is 1. The minimum Gasteiger partial charge on any atom is -0.488 e. The standard InChI is InChI=1S/C11H15Cl2NO3/c1-2-17-14-6-8(15)7-16-11-9(12)4-3-5-10(11)13/h3-5,8,14-15H,2,6-7H2,1H3. The van der Waals surface area contributed by atoms with Crippen molar-refractivity contribution in [3.63, 3.8) is 0 Å². The van der Waals surface area contributed by atoms with E-state index >= 15 is 0 Å². The Morgan fingerprint density at radius 2 is 2.00 bits per heavy atom. The maximum absolute atomic E-state index is 9.57. The van der Waals surface area contributed by atoms with Crippen LogP contribution in [0.2, 0.25) is 10.0 Å². The normalized spacial score (nSPS) is 12.5. The van der Waals surface area contributed by atoms with E-state index in [2.05, 4.69) is 5.48 Å². The molecule has 0 amide bonds. The van der Waals surface area contributed by atoms with Gasteiger partial charge in [-0.1, -0.05) is 29.3 Å². The van der Waals surface area contributed by atoms with Gasteiger partial charge in [0.05, 0.1) is 23.2 Å². The summed E-state index contributed by atoms with van der Waals surface area (Å²) in [6.07, 6.45) is -0.700. The molecule has 0 heterocycles. The van der Waals surface area contributed by atoms with E-state index in [0.29, 0.717) is 22.4 Å². The number of aliphatic hydroxyl groups is 1. The van der Waals surface area contributed by atoms with E-state index in [1.54, 1.807) is 18.2 Å². The van der Waals surface area contributed by atoms with Gasteiger partial charge in [-0.05, 0) is 19.1 Å². The molecule has 0 fully saturated rings. The Balaban J connectivity index is 2.39. The molecule has 6 heteroatoms. The van der Waals surface area contributed by atoms with Gasteiger partial charge in [0.25, 0.3) is 0 Å². The molecule has 1 unspecified atom stereocenters. The molecule has 1 rings (SSSR count). The lowest BCUT2D eigenvalue weighted by molar-refractivity contribution is 0.00952. The third-order valence-electron chi connectivity index (χ3n) is 1.90. The molecule has 0 saturated carbocycles. The van der Waals surface area contributed by atoms with E-state index < -0.39 is 6.10 Å². The Hall–Kier alpha value is -0.520. The first-order valence-electron chi connectivity index (χ1n) is 5.24. The lowest BCUT2D eigenvalue weighted by atomic mass is 10.3. The van der Waals surface area contributed by atoms with Crippen LogP contribution in [0.15, 0.2) is 18.2 Å². The van der Waals surface area contributed by atoms with Crippen molar-refractivity contribution < 1.29 is 14.7 Å². The quantitative estimate of drug-likeness (QED) is 0.594.